The van der Waals surface area contributed by atoms with Gasteiger partial charge < -0.3 is 27.2 Å². The minimum Gasteiger partial charge on any atom is -0.391 e. The van der Waals surface area contributed by atoms with Gasteiger partial charge in [-0.2, -0.15) is 0 Å². The van der Waals surface area contributed by atoms with Crippen molar-refractivity contribution in [3.05, 3.63) is 59.1 Å². The van der Waals surface area contributed by atoms with Crippen LogP contribution in [0.15, 0.2) is 48.5 Å². The Hall–Kier alpha value is -4.10. The van der Waals surface area contributed by atoms with Crippen molar-refractivity contribution >= 4 is 52.3 Å². The van der Waals surface area contributed by atoms with E-state index in [-0.39, 0.29) is 44.4 Å². The van der Waals surface area contributed by atoms with E-state index in [4.69, 9.17) is 23.1 Å². The van der Waals surface area contributed by atoms with Crippen LogP contribution in [-0.4, -0.2) is 77.1 Å². The van der Waals surface area contributed by atoms with E-state index in [0.717, 1.165) is 24.0 Å². The number of carbonyl (C=O) groups excluding carboxylic acids is 7. The molecule has 0 radical (unpaired) electrons. The SMILES string of the molecule is CCCCCC(=O)C(=O)[C@H](C)CC(=O)[C@H](CCCCN)NC(=O)[C@H](C)CC(=O)[C@@H](NC(=O)[C@H](CN)CC(=O)c1ccc(-c2ccc(Cl)cc2)cc1)[C@@H](C)O. The first kappa shape index (κ1) is 46.1. The fourth-order valence-electron chi connectivity index (χ4n) is 5.97. The zero-order chi connectivity index (χ0) is 40.4. The largest absolute Gasteiger partial charge is 0.391 e. The van der Waals surface area contributed by atoms with Gasteiger partial charge >= 0.3 is 0 Å². The molecular formula is C41H57ClN4O8. The van der Waals surface area contributed by atoms with E-state index in [1.54, 1.807) is 36.4 Å². The molecule has 0 aliphatic carbocycles. The number of aliphatic hydroxyl groups is 1. The van der Waals surface area contributed by atoms with Crippen LogP contribution in [0.1, 0.15) is 102 Å². The first-order chi connectivity index (χ1) is 25.6. The molecule has 0 aliphatic rings. The highest BCUT2D eigenvalue weighted by molar-refractivity contribution is 6.38. The van der Waals surface area contributed by atoms with Gasteiger partial charge in [-0.05, 0) is 62.4 Å². The maximum atomic E-state index is 13.4. The molecule has 0 bridgehead atoms. The number of amides is 2. The molecule has 2 amide bonds. The highest BCUT2D eigenvalue weighted by Crippen LogP contribution is 2.23. The Morgan fingerprint density at radius 3 is 1.87 bits per heavy atom. The lowest BCUT2D eigenvalue weighted by atomic mass is 9.90. The number of hydrogen-bond donors (Lipinski definition) is 5. The van der Waals surface area contributed by atoms with Gasteiger partial charge in [0.2, 0.25) is 17.6 Å². The minimum absolute atomic E-state index is 0.132. The predicted molar refractivity (Wildman–Crippen MR) is 209 cm³/mol. The fourth-order valence-corrected chi connectivity index (χ4v) is 6.10. The number of Topliss-reactive ketones (excluding diaryl/α,β-unsaturated/α-hetero) is 5. The summed E-state index contributed by atoms with van der Waals surface area (Å²) in [6.45, 7) is 6.50. The van der Waals surface area contributed by atoms with Crippen molar-refractivity contribution in [2.45, 2.75) is 110 Å². The summed E-state index contributed by atoms with van der Waals surface area (Å²) in [5.74, 6) is -6.59. The summed E-state index contributed by atoms with van der Waals surface area (Å²) in [6.07, 6.45) is 1.66. The maximum Gasteiger partial charge on any atom is 0.225 e. The standard InChI is InChI=1S/C41H57ClN4O8/c1-5-6-7-11-34(48)39(52)25(2)21-36(50)33(10-8-9-20-43)45-40(53)26(3)22-37(51)38(27(4)47)46-41(54)31(24-44)23-35(49)30-14-12-28(13-15-30)29-16-18-32(42)19-17-29/h12-19,25-27,31,33,38,47H,5-11,20-24,43-44H2,1-4H3,(H,45,53)(H,46,54)/t25-,26-,27-,31+,33+,38+/m1/s1. The van der Waals surface area contributed by atoms with E-state index in [2.05, 4.69) is 10.6 Å². The zero-order valence-electron chi connectivity index (χ0n) is 31.9. The second-order valence-corrected chi connectivity index (χ2v) is 14.5. The number of hydrogen-bond acceptors (Lipinski definition) is 10. The summed E-state index contributed by atoms with van der Waals surface area (Å²) in [4.78, 5) is 91.2. The lowest BCUT2D eigenvalue weighted by Crippen LogP contribution is -2.51. The molecule has 0 aliphatic heterocycles. The fraction of sp³-hybridized carbons (Fsp3) is 0.537. The molecule has 12 nitrogen and oxygen atoms in total. The number of halogens is 1. The molecule has 6 atom stereocenters. The Kier molecular flexibility index (Phi) is 20.2. The topological polar surface area (TPSA) is 216 Å². The highest BCUT2D eigenvalue weighted by atomic mass is 35.5. The van der Waals surface area contributed by atoms with Crippen LogP contribution in [0.2, 0.25) is 5.02 Å². The van der Waals surface area contributed by atoms with Crippen LogP contribution in [0, 0.1) is 17.8 Å². The molecule has 13 heteroatoms. The van der Waals surface area contributed by atoms with Crippen LogP contribution in [0.5, 0.6) is 0 Å². The molecule has 0 fully saturated rings. The van der Waals surface area contributed by atoms with E-state index in [1.165, 1.54) is 20.8 Å². The number of nitrogens with two attached hydrogens (primary N) is 2. The molecule has 2 aromatic carbocycles. The molecule has 0 spiro atoms. The monoisotopic (exact) mass is 768 g/mol. The summed E-state index contributed by atoms with van der Waals surface area (Å²) >= 11 is 5.97. The molecule has 0 aromatic heterocycles. The van der Waals surface area contributed by atoms with Crippen molar-refractivity contribution in [1.82, 2.24) is 10.6 Å². The van der Waals surface area contributed by atoms with Gasteiger partial charge in [-0.15, -0.1) is 0 Å². The number of rotatable bonds is 26. The molecule has 2 rings (SSSR count). The molecule has 0 saturated carbocycles. The highest BCUT2D eigenvalue weighted by Gasteiger charge is 2.33. The Morgan fingerprint density at radius 1 is 0.722 bits per heavy atom. The Labute approximate surface area is 323 Å². The number of benzene rings is 2. The molecule has 2 aromatic rings. The van der Waals surface area contributed by atoms with Crippen molar-refractivity contribution in [1.29, 1.82) is 0 Å². The molecule has 0 unspecified atom stereocenters. The minimum atomic E-state index is -1.39. The first-order valence-corrected chi connectivity index (χ1v) is 19.2. The van der Waals surface area contributed by atoms with Crippen molar-refractivity contribution in [2.24, 2.45) is 29.2 Å². The Balaban J connectivity index is 2.03. The normalized spacial score (nSPS) is 14.5. The average molecular weight is 769 g/mol. The molecular weight excluding hydrogens is 712 g/mol. The number of carbonyl (C=O) groups is 7. The van der Waals surface area contributed by atoms with Gasteiger partial charge in [0.25, 0.3) is 0 Å². The van der Waals surface area contributed by atoms with Crippen LogP contribution < -0.4 is 22.1 Å². The smallest absolute Gasteiger partial charge is 0.225 e. The van der Waals surface area contributed by atoms with Gasteiger partial charge in [0, 0.05) is 54.6 Å². The molecule has 296 valence electrons. The van der Waals surface area contributed by atoms with Crippen LogP contribution >= 0.6 is 11.6 Å². The predicted octanol–water partition coefficient (Wildman–Crippen LogP) is 4.54. The summed E-state index contributed by atoms with van der Waals surface area (Å²) in [7, 11) is 0. The van der Waals surface area contributed by atoms with Gasteiger partial charge in [0.05, 0.1) is 18.1 Å². The first-order valence-electron chi connectivity index (χ1n) is 18.8. The summed E-state index contributed by atoms with van der Waals surface area (Å²) < 4.78 is 0. The van der Waals surface area contributed by atoms with E-state index < -0.39 is 70.9 Å². The lowest BCUT2D eigenvalue weighted by Gasteiger charge is -2.25. The summed E-state index contributed by atoms with van der Waals surface area (Å²) in [5.41, 5.74) is 13.7. The van der Waals surface area contributed by atoms with Crippen molar-refractivity contribution < 1.29 is 38.7 Å². The maximum absolute atomic E-state index is 13.4. The van der Waals surface area contributed by atoms with E-state index in [0.29, 0.717) is 36.4 Å². The van der Waals surface area contributed by atoms with Gasteiger partial charge in [-0.3, -0.25) is 33.6 Å². The Morgan fingerprint density at radius 2 is 1.31 bits per heavy atom. The van der Waals surface area contributed by atoms with Crippen LogP contribution in [0.3, 0.4) is 0 Å². The number of unbranched alkanes of at least 4 members (excludes halogenated alkanes) is 3. The third-order valence-electron chi connectivity index (χ3n) is 9.44. The van der Waals surface area contributed by atoms with Gasteiger partial charge in [0.1, 0.15) is 6.04 Å². The second kappa shape index (κ2) is 23.6. The third kappa shape index (κ3) is 15.0. The quantitative estimate of drug-likeness (QED) is 0.0512. The van der Waals surface area contributed by atoms with E-state index in [1.807, 2.05) is 19.1 Å². The van der Waals surface area contributed by atoms with Crippen molar-refractivity contribution in [3.8, 4) is 11.1 Å². The molecule has 54 heavy (non-hydrogen) atoms. The molecule has 0 saturated heterocycles. The van der Waals surface area contributed by atoms with E-state index in [9.17, 15) is 38.7 Å². The molecule has 0 heterocycles. The van der Waals surface area contributed by atoms with Crippen molar-refractivity contribution in [3.63, 3.8) is 0 Å². The second-order valence-electron chi connectivity index (χ2n) is 14.1. The number of nitrogens with one attached hydrogen (secondary N) is 2. The lowest BCUT2D eigenvalue weighted by molar-refractivity contribution is -0.140. The number of aliphatic hydroxyl groups excluding tert-OH is 1. The van der Waals surface area contributed by atoms with Gasteiger partial charge in [-0.25, -0.2) is 0 Å². The summed E-state index contributed by atoms with van der Waals surface area (Å²) in [6, 6.07) is 11.8. The summed E-state index contributed by atoms with van der Waals surface area (Å²) in [5, 5.41) is 16.3. The average Bonchev–Trinajstić information content (AvgIpc) is 3.15. The third-order valence-corrected chi connectivity index (χ3v) is 9.69. The number of ketones is 5. The van der Waals surface area contributed by atoms with Crippen LogP contribution in [0.25, 0.3) is 11.1 Å². The van der Waals surface area contributed by atoms with E-state index >= 15 is 0 Å². The van der Waals surface area contributed by atoms with Crippen molar-refractivity contribution in [2.75, 3.05) is 13.1 Å². The van der Waals surface area contributed by atoms with Gasteiger partial charge in [-0.1, -0.05) is 81.6 Å². The van der Waals surface area contributed by atoms with Crippen LogP contribution in [0.4, 0.5) is 0 Å². The van der Waals surface area contributed by atoms with Gasteiger partial charge in [0.15, 0.2) is 23.1 Å². The molecule has 7 N–H and O–H groups in total. The Bertz CT molecular complexity index is 1580. The van der Waals surface area contributed by atoms with Crippen LogP contribution in [-0.2, 0) is 28.8 Å². The zero-order valence-corrected chi connectivity index (χ0v) is 32.7.